The van der Waals surface area contributed by atoms with Gasteiger partial charge in [0.2, 0.25) is 5.91 Å². The Hall–Kier alpha value is -1.42. The van der Waals surface area contributed by atoms with E-state index in [4.69, 9.17) is 0 Å². The van der Waals surface area contributed by atoms with E-state index >= 15 is 0 Å². The topological polar surface area (TPSA) is 41.1 Å². The number of carbonyl (C=O) groups is 1. The van der Waals surface area contributed by atoms with E-state index in [2.05, 4.69) is 10.6 Å². The van der Waals surface area contributed by atoms with Crippen LogP contribution in [0.1, 0.15) is 25.5 Å². The van der Waals surface area contributed by atoms with Gasteiger partial charge in [-0.3, -0.25) is 4.79 Å². The Morgan fingerprint density at radius 3 is 2.56 bits per heavy atom. The molecule has 0 saturated heterocycles. The zero-order chi connectivity index (χ0) is 12.0. The summed E-state index contributed by atoms with van der Waals surface area (Å²) in [6.07, 6.45) is 0. The van der Waals surface area contributed by atoms with Gasteiger partial charge in [-0.1, -0.05) is 12.1 Å². The lowest BCUT2D eigenvalue weighted by Gasteiger charge is -2.13. The molecule has 1 rings (SSSR count). The predicted molar refractivity (Wildman–Crippen MR) is 61.5 cm³/mol. The van der Waals surface area contributed by atoms with Crippen molar-refractivity contribution in [2.75, 3.05) is 13.1 Å². The van der Waals surface area contributed by atoms with Crippen LogP contribution in [0.3, 0.4) is 0 Å². The molecular weight excluding hydrogens is 207 g/mol. The summed E-state index contributed by atoms with van der Waals surface area (Å²) in [6, 6.07) is 6.29. The Morgan fingerprint density at radius 2 is 2.00 bits per heavy atom. The first-order valence-electron chi connectivity index (χ1n) is 5.39. The van der Waals surface area contributed by atoms with Crippen molar-refractivity contribution >= 4 is 5.91 Å². The normalized spacial score (nSPS) is 12.2. The van der Waals surface area contributed by atoms with Crippen LogP contribution < -0.4 is 10.6 Å². The lowest BCUT2D eigenvalue weighted by Crippen LogP contribution is -2.34. The summed E-state index contributed by atoms with van der Waals surface area (Å²) in [4.78, 5) is 11.2. The van der Waals surface area contributed by atoms with Crippen LogP contribution in [0.2, 0.25) is 0 Å². The van der Waals surface area contributed by atoms with Gasteiger partial charge in [0.25, 0.3) is 0 Å². The number of rotatable bonds is 5. The van der Waals surface area contributed by atoms with Gasteiger partial charge in [-0.15, -0.1) is 0 Å². The fourth-order valence-electron chi connectivity index (χ4n) is 1.37. The fraction of sp³-hybridized carbons (Fsp3) is 0.417. The van der Waals surface area contributed by atoms with Gasteiger partial charge in [0.1, 0.15) is 5.82 Å². The number of nitrogens with one attached hydrogen (secondary N) is 2. The molecule has 0 aliphatic carbocycles. The maximum absolute atomic E-state index is 12.7. The molecule has 0 saturated carbocycles. The Balaban J connectivity index is 2.43. The minimum Gasteiger partial charge on any atom is -0.355 e. The van der Waals surface area contributed by atoms with Crippen LogP contribution in [0.5, 0.6) is 0 Å². The van der Waals surface area contributed by atoms with Crippen LogP contribution in [-0.2, 0) is 4.79 Å². The highest BCUT2D eigenvalue weighted by Crippen LogP contribution is 2.12. The second-order valence-corrected chi connectivity index (χ2v) is 3.61. The number of benzene rings is 1. The summed E-state index contributed by atoms with van der Waals surface area (Å²) in [7, 11) is 0. The number of halogens is 1. The zero-order valence-electron chi connectivity index (χ0n) is 9.59. The van der Waals surface area contributed by atoms with Crippen LogP contribution in [0, 0.1) is 5.82 Å². The molecular formula is C12H17FN2O. The van der Waals surface area contributed by atoms with E-state index in [0.717, 1.165) is 5.56 Å². The number of carbonyl (C=O) groups excluding carboxylic acids is 1. The molecule has 0 aliphatic heterocycles. The maximum atomic E-state index is 12.7. The van der Waals surface area contributed by atoms with Gasteiger partial charge in [0, 0.05) is 12.6 Å². The van der Waals surface area contributed by atoms with Crippen LogP contribution in [0.25, 0.3) is 0 Å². The quantitative estimate of drug-likeness (QED) is 0.798. The van der Waals surface area contributed by atoms with E-state index in [1.165, 1.54) is 12.1 Å². The molecule has 1 unspecified atom stereocenters. The molecule has 1 aromatic carbocycles. The Kier molecular flexibility index (Phi) is 4.92. The largest absolute Gasteiger partial charge is 0.355 e. The number of likely N-dealkylation sites (N-methyl/N-ethyl adjacent to an activating group) is 1. The first kappa shape index (κ1) is 12.6. The van der Waals surface area contributed by atoms with E-state index in [1.807, 2.05) is 13.8 Å². The summed E-state index contributed by atoms with van der Waals surface area (Å²) in [5, 5.41) is 5.77. The summed E-state index contributed by atoms with van der Waals surface area (Å²) >= 11 is 0. The predicted octanol–water partition coefficient (Wildman–Crippen LogP) is 1.61. The summed E-state index contributed by atoms with van der Waals surface area (Å²) in [5.41, 5.74) is 0.964. The molecule has 0 aliphatic rings. The van der Waals surface area contributed by atoms with E-state index < -0.39 is 0 Å². The maximum Gasteiger partial charge on any atom is 0.233 e. The number of hydrogen-bond donors (Lipinski definition) is 2. The number of hydrogen-bond acceptors (Lipinski definition) is 2. The first-order chi connectivity index (χ1) is 7.63. The minimum absolute atomic E-state index is 0.0307. The molecule has 0 aromatic heterocycles. The van der Waals surface area contributed by atoms with E-state index in [1.54, 1.807) is 12.1 Å². The third kappa shape index (κ3) is 3.98. The SMILES string of the molecule is CCNC(=O)CNC(C)c1ccc(F)cc1. The summed E-state index contributed by atoms with van der Waals surface area (Å²) < 4.78 is 12.7. The number of amides is 1. The highest BCUT2D eigenvalue weighted by atomic mass is 19.1. The molecule has 0 bridgehead atoms. The second-order valence-electron chi connectivity index (χ2n) is 3.61. The molecule has 0 heterocycles. The van der Waals surface area contributed by atoms with Gasteiger partial charge in [0.05, 0.1) is 6.54 Å². The minimum atomic E-state index is -0.250. The second kappa shape index (κ2) is 6.23. The van der Waals surface area contributed by atoms with Crippen molar-refractivity contribution in [2.24, 2.45) is 0 Å². The van der Waals surface area contributed by atoms with Crippen molar-refractivity contribution in [3.05, 3.63) is 35.6 Å². The first-order valence-corrected chi connectivity index (χ1v) is 5.39. The van der Waals surface area contributed by atoms with Crippen LogP contribution in [-0.4, -0.2) is 19.0 Å². The van der Waals surface area contributed by atoms with Crippen LogP contribution in [0.15, 0.2) is 24.3 Å². The molecule has 0 fully saturated rings. The third-order valence-corrected chi connectivity index (χ3v) is 2.31. The Labute approximate surface area is 95.0 Å². The smallest absolute Gasteiger partial charge is 0.233 e. The molecule has 1 atom stereocenters. The third-order valence-electron chi connectivity index (χ3n) is 2.31. The van der Waals surface area contributed by atoms with Gasteiger partial charge < -0.3 is 10.6 Å². The van der Waals surface area contributed by atoms with Gasteiger partial charge in [-0.05, 0) is 31.5 Å². The molecule has 4 heteroatoms. The fourth-order valence-corrected chi connectivity index (χ4v) is 1.37. The van der Waals surface area contributed by atoms with Gasteiger partial charge in [-0.25, -0.2) is 4.39 Å². The monoisotopic (exact) mass is 224 g/mol. The molecule has 1 amide bonds. The van der Waals surface area contributed by atoms with Crippen molar-refractivity contribution in [2.45, 2.75) is 19.9 Å². The lowest BCUT2D eigenvalue weighted by molar-refractivity contribution is -0.120. The molecule has 1 aromatic rings. The molecule has 3 nitrogen and oxygen atoms in total. The Bertz CT molecular complexity index is 337. The molecule has 0 radical (unpaired) electrons. The van der Waals surface area contributed by atoms with Crippen LogP contribution in [0.4, 0.5) is 4.39 Å². The van der Waals surface area contributed by atoms with E-state index in [9.17, 15) is 9.18 Å². The highest BCUT2D eigenvalue weighted by Gasteiger charge is 2.06. The van der Waals surface area contributed by atoms with Crippen molar-refractivity contribution in [3.8, 4) is 0 Å². The summed E-state index contributed by atoms with van der Waals surface area (Å²) in [5.74, 6) is -0.281. The summed E-state index contributed by atoms with van der Waals surface area (Å²) in [6.45, 7) is 4.71. The molecule has 2 N–H and O–H groups in total. The van der Waals surface area contributed by atoms with Gasteiger partial charge in [-0.2, -0.15) is 0 Å². The van der Waals surface area contributed by atoms with Gasteiger partial charge in [0.15, 0.2) is 0 Å². The van der Waals surface area contributed by atoms with Crippen molar-refractivity contribution < 1.29 is 9.18 Å². The molecule has 0 spiro atoms. The zero-order valence-corrected chi connectivity index (χ0v) is 9.59. The molecule has 16 heavy (non-hydrogen) atoms. The molecule has 88 valence electrons. The van der Waals surface area contributed by atoms with E-state index in [-0.39, 0.29) is 24.3 Å². The van der Waals surface area contributed by atoms with Gasteiger partial charge >= 0.3 is 0 Å². The standard InChI is InChI=1S/C12H17FN2O/c1-3-14-12(16)8-15-9(2)10-4-6-11(13)7-5-10/h4-7,9,15H,3,8H2,1-2H3,(H,14,16). The van der Waals surface area contributed by atoms with Crippen molar-refractivity contribution in [3.63, 3.8) is 0 Å². The highest BCUT2D eigenvalue weighted by molar-refractivity contribution is 5.77. The van der Waals surface area contributed by atoms with Crippen LogP contribution >= 0.6 is 0 Å². The van der Waals surface area contributed by atoms with Crippen molar-refractivity contribution in [1.29, 1.82) is 0 Å². The lowest BCUT2D eigenvalue weighted by atomic mass is 10.1. The average Bonchev–Trinajstić information content (AvgIpc) is 2.27. The van der Waals surface area contributed by atoms with E-state index in [0.29, 0.717) is 6.54 Å². The average molecular weight is 224 g/mol. The Morgan fingerprint density at radius 1 is 1.38 bits per heavy atom. The van der Waals surface area contributed by atoms with Crippen molar-refractivity contribution in [1.82, 2.24) is 10.6 Å².